The van der Waals surface area contributed by atoms with Gasteiger partial charge in [-0.25, -0.2) is 9.36 Å². The first-order valence-electron chi connectivity index (χ1n) is 17.2. The van der Waals surface area contributed by atoms with Gasteiger partial charge < -0.3 is 33.1 Å². The van der Waals surface area contributed by atoms with E-state index in [1.165, 1.54) is 94.8 Å². The number of carbonyl (C=O) groups is 1. The van der Waals surface area contributed by atoms with Gasteiger partial charge in [-0.3, -0.25) is 4.57 Å². The number of pyridine rings is 1. The zero-order valence-corrected chi connectivity index (χ0v) is 28.1. The maximum Gasteiger partial charge on any atom is 0.410 e. The molecule has 2 heterocycles. The van der Waals surface area contributed by atoms with Gasteiger partial charge in [-0.05, 0) is 6.42 Å². The summed E-state index contributed by atoms with van der Waals surface area (Å²) < 4.78 is 40.8. The van der Waals surface area contributed by atoms with Crippen molar-refractivity contribution in [3.63, 3.8) is 0 Å². The van der Waals surface area contributed by atoms with Gasteiger partial charge in [-0.2, -0.15) is 0 Å². The van der Waals surface area contributed by atoms with Crippen molar-refractivity contribution in [3.05, 3.63) is 30.6 Å². The molecule has 10 nitrogen and oxygen atoms in total. The molecule has 254 valence electrons. The molecule has 0 aromatic carbocycles. The number of amides is 1. The Morgan fingerprint density at radius 2 is 1.34 bits per heavy atom. The second kappa shape index (κ2) is 25.6. The van der Waals surface area contributed by atoms with Crippen LogP contribution in [0.4, 0.5) is 4.79 Å². The van der Waals surface area contributed by atoms with Crippen LogP contribution in [-0.2, 0) is 34.4 Å². The summed E-state index contributed by atoms with van der Waals surface area (Å²) in [6.45, 7) is 4.48. The molecule has 0 saturated carbocycles. The molecule has 1 aromatic rings. The zero-order valence-electron chi connectivity index (χ0n) is 27.2. The molecular formula is C33H59N2O8P. The predicted molar refractivity (Wildman–Crippen MR) is 169 cm³/mol. The highest BCUT2D eigenvalue weighted by molar-refractivity contribution is 7.45. The standard InChI is InChI=1S/C33H59N2O8P/c1-2-3-4-5-6-7-8-9-10-11-12-13-14-15-16-20-26-40-30-32(43-33(36)35-24-27-39-28-25-35)31-42-44(37,38)41-29-23-34-21-18-17-19-22-34/h17-19,21-22,32H,2-16,20,23-31H2,1H3. The number of phosphoric acid groups is 1. The van der Waals surface area contributed by atoms with Gasteiger partial charge in [0.2, 0.25) is 0 Å². The number of phosphoric ester groups is 1. The Hall–Kier alpha value is -1.55. The second-order valence-corrected chi connectivity index (χ2v) is 13.1. The fourth-order valence-corrected chi connectivity index (χ4v) is 5.83. The Morgan fingerprint density at radius 1 is 0.795 bits per heavy atom. The highest BCUT2D eigenvalue weighted by atomic mass is 31.2. The van der Waals surface area contributed by atoms with Crippen LogP contribution in [0.15, 0.2) is 30.6 Å². The van der Waals surface area contributed by atoms with Gasteiger partial charge in [0.15, 0.2) is 25.0 Å². The average Bonchev–Trinajstić information content (AvgIpc) is 3.03. The van der Waals surface area contributed by atoms with Crippen LogP contribution in [0.25, 0.3) is 0 Å². The van der Waals surface area contributed by atoms with Crippen molar-refractivity contribution in [2.45, 2.75) is 122 Å². The third-order valence-corrected chi connectivity index (χ3v) is 8.74. The first kappa shape index (κ1) is 38.6. The third kappa shape index (κ3) is 20.5. The van der Waals surface area contributed by atoms with Gasteiger partial charge >= 0.3 is 6.09 Å². The van der Waals surface area contributed by atoms with E-state index in [9.17, 15) is 14.3 Å². The van der Waals surface area contributed by atoms with Crippen LogP contribution in [0, 0.1) is 0 Å². The maximum absolute atomic E-state index is 12.6. The van der Waals surface area contributed by atoms with Crippen LogP contribution in [0.1, 0.15) is 110 Å². The molecule has 1 amide bonds. The zero-order chi connectivity index (χ0) is 31.6. The first-order valence-corrected chi connectivity index (χ1v) is 18.6. The largest absolute Gasteiger partial charge is 0.756 e. The number of morpholine rings is 1. The molecule has 0 spiro atoms. The lowest BCUT2D eigenvalue weighted by Crippen LogP contribution is -2.43. The summed E-state index contributed by atoms with van der Waals surface area (Å²) in [5.74, 6) is 0. The Labute approximate surface area is 266 Å². The number of rotatable bonds is 27. The Kier molecular flexibility index (Phi) is 22.5. The summed E-state index contributed by atoms with van der Waals surface area (Å²) in [5.41, 5.74) is 0. The topological polar surface area (TPSA) is 110 Å². The molecule has 2 rings (SSSR count). The molecule has 1 aliphatic rings. The highest BCUT2D eigenvalue weighted by Gasteiger charge is 2.24. The second-order valence-electron chi connectivity index (χ2n) is 11.7. The number of nitrogens with zero attached hydrogens (tertiary/aromatic N) is 2. The van der Waals surface area contributed by atoms with Crippen LogP contribution in [0.3, 0.4) is 0 Å². The minimum Gasteiger partial charge on any atom is -0.756 e. The lowest BCUT2D eigenvalue weighted by atomic mass is 10.0. The van der Waals surface area contributed by atoms with E-state index in [0.29, 0.717) is 39.5 Å². The molecule has 1 fully saturated rings. The molecule has 0 aliphatic carbocycles. The van der Waals surface area contributed by atoms with Crippen LogP contribution < -0.4 is 9.46 Å². The van der Waals surface area contributed by atoms with Crippen molar-refractivity contribution < 1.29 is 42.1 Å². The lowest BCUT2D eigenvalue weighted by Gasteiger charge is -2.29. The fraction of sp³-hybridized carbons (Fsp3) is 0.818. The third-order valence-electron chi connectivity index (χ3n) is 7.78. The molecule has 0 radical (unpaired) electrons. The number of carbonyl (C=O) groups excluding carboxylic acids is 1. The highest BCUT2D eigenvalue weighted by Crippen LogP contribution is 2.38. The van der Waals surface area contributed by atoms with Gasteiger partial charge in [0.05, 0.1) is 26.4 Å². The maximum atomic E-state index is 12.6. The number of hydrogen-bond acceptors (Lipinski definition) is 8. The van der Waals surface area contributed by atoms with Crippen LogP contribution >= 0.6 is 7.82 Å². The Bertz CT molecular complexity index is 873. The van der Waals surface area contributed by atoms with E-state index in [1.807, 2.05) is 30.6 Å². The van der Waals surface area contributed by atoms with Gasteiger partial charge in [0.25, 0.3) is 7.82 Å². The van der Waals surface area contributed by atoms with E-state index in [4.69, 9.17) is 23.3 Å². The quantitative estimate of drug-likeness (QED) is 0.0601. The van der Waals surface area contributed by atoms with Crippen LogP contribution in [0.2, 0.25) is 0 Å². The van der Waals surface area contributed by atoms with Crippen molar-refractivity contribution in [2.24, 2.45) is 0 Å². The van der Waals surface area contributed by atoms with E-state index in [-0.39, 0.29) is 19.8 Å². The summed E-state index contributed by atoms with van der Waals surface area (Å²) >= 11 is 0. The van der Waals surface area contributed by atoms with Gasteiger partial charge in [-0.1, -0.05) is 109 Å². The van der Waals surface area contributed by atoms with Gasteiger partial charge in [0.1, 0.15) is 6.61 Å². The van der Waals surface area contributed by atoms with Crippen molar-refractivity contribution in [2.75, 3.05) is 52.7 Å². The predicted octanol–water partition coefficient (Wildman–Crippen LogP) is 6.59. The van der Waals surface area contributed by atoms with Crippen LogP contribution in [-0.4, -0.2) is 69.8 Å². The molecule has 2 unspecified atom stereocenters. The van der Waals surface area contributed by atoms with E-state index in [2.05, 4.69) is 6.92 Å². The molecule has 1 saturated heterocycles. The number of unbranched alkanes of at least 4 members (excludes halogenated alkanes) is 15. The molecule has 1 aliphatic heterocycles. The van der Waals surface area contributed by atoms with E-state index in [0.717, 1.165) is 12.8 Å². The summed E-state index contributed by atoms with van der Waals surface area (Å²) in [6.07, 6.45) is 23.1. The normalized spacial score (nSPS) is 15.6. The van der Waals surface area contributed by atoms with Crippen molar-refractivity contribution >= 4 is 13.9 Å². The summed E-state index contributed by atoms with van der Waals surface area (Å²) in [4.78, 5) is 26.5. The van der Waals surface area contributed by atoms with Crippen LogP contribution in [0.5, 0.6) is 0 Å². The van der Waals surface area contributed by atoms with Crippen molar-refractivity contribution in [1.82, 2.24) is 4.90 Å². The van der Waals surface area contributed by atoms with Crippen molar-refractivity contribution in [3.8, 4) is 0 Å². The monoisotopic (exact) mass is 642 g/mol. The van der Waals surface area contributed by atoms with E-state index < -0.39 is 20.0 Å². The number of aromatic nitrogens is 1. The number of hydrogen-bond donors (Lipinski definition) is 0. The minimum atomic E-state index is -4.58. The Balaban J connectivity index is 1.55. The molecule has 0 N–H and O–H groups in total. The molecule has 11 heteroatoms. The summed E-state index contributed by atoms with van der Waals surface area (Å²) in [7, 11) is -4.58. The first-order chi connectivity index (χ1) is 21.5. The smallest absolute Gasteiger partial charge is 0.410 e. The van der Waals surface area contributed by atoms with Gasteiger partial charge in [0, 0.05) is 31.8 Å². The van der Waals surface area contributed by atoms with Gasteiger partial charge in [-0.15, -0.1) is 0 Å². The average molecular weight is 643 g/mol. The lowest BCUT2D eigenvalue weighted by molar-refractivity contribution is -0.697. The van der Waals surface area contributed by atoms with Crippen molar-refractivity contribution in [1.29, 1.82) is 0 Å². The fourth-order valence-electron chi connectivity index (χ4n) is 5.10. The molecule has 2 atom stereocenters. The molecule has 1 aromatic heterocycles. The number of ether oxygens (including phenoxy) is 3. The van der Waals surface area contributed by atoms with E-state index >= 15 is 0 Å². The molecular weight excluding hydrogens is 583 g/mol. The summed E-state index contributed by atoms with van der Waals surface area (Å²) in [5, 5.41) is 0. The Morgan fingerprint density at radius 3 is 1.91 bits per heavy atom. The SMILES string of the molecule is CCCCCCCCCCCCCCCCCCOCC(COP(=O)([O-])OCC[n+]1ccccc1)OC(=O)N1CCOCC1. The summed E-state index contributed by atoms with van der Waals surface area (Å²) in [6, 6.07) is 5.57. The van der Waals surface area contributed by atoms with E-state index in [1.54, 1.807) is 4.57 Å². The molecule has 0 bridgehead atoms. The molecule has 44 heavy (non-hydrogen) atoms. The minimum absolute atomic E-state index is 0.0503.